The Labute approximate surface area is 95.5 Å². The average Bonchev–Trinajstić information content (AvgIpc) is 2.29. The minimum Gasteiger partial charge on any atom is -0.399 e. The molecule has 0 saturated carbocycles. The molecular weight excluding hydrogens is 196 g/mol. The van der Waals surface area contributed by atoms with Gasteiger partial charge in [0.1, 0.15) is 0 Å². The van der Waals surface area contributed by atoms with Crippen LogP contribution in [0.5, 0.6) is 0 Å². The van der Waals surface area contributed by atoms with E-state index in [9.17, 15) is 0 Å². The van der Waals surface area contributed by atoms with E-state index in [1.807, 2.05) is 31.3 Å². The summed E-state index contributed by atoms with van der Waals surface area (Å²) in [6.45, 7) is 0.708. The van der Waals surface area contributed by atoms with Crippen molar-refractivity contribution >= 4 is 16.5 Å². The van der Waals surface area contributed by atoms with E-state index in [0.29, 0.717) is 6.54 Å². The fourth-order valence-electron chi connectivity index (χ4n) is 1.58. The number of rotatable bonds is 1. The zero-order valence-electron chi connectivity index (χ0n) is 9.25. The summed E-state index contributed by atoms with van der Waals surface area (Å²) in [6, 6.07) is 12.1. The predicted molar refractivity (Wildman–Crippen MR) is 69.2 cm³/mol. The van der Waals surface area contributed by atoms with Gasteiger partial charge in [0.05, 0.1) is 6.54 Å². The van der Waals surface area contributed by atoms with Crippen molar-refractivity contribution in [2.75, 3.05) is 19.3 Å². The first-order valence-corrected chi connectivity index (χ1v) is 5.22. The van der Waals surface area contributed by atoms with Crippen molar-refractivity contribution in [3.05, 3.63) is 42.0 Å². The summed E-state index contributed by atoms with van der Waals surface area (Å²) in [5, 5.41) is 5.32. The van der Waals surface area contributed by atoms with Crippen LogP contribution >= 0.6 is 0 Å². The van der Waals surface area contributed by atoms with Crippen molar-refractivity contribution in [3.8, 4) is 11.8 Å². The van der Waals surface area contributed by atoms with Crippen LogP contribution in [0, 0.1) is 11.8 Å². The normalized spacial score (nSPS) is 9.81. The zero-order valence-corrected chi connectivity index (χ0v) is 9.25. The van der Waals surface area contributed by atoms with Gasteiger partial charge in [-0.1, -0.05) is 24.0 Å². The molecule has 2 heteroatoms. The maximum Gasteiger partial charge on any atom is 0.0577 e. The first-order valence-electron chi connectivity index (χ1n) is 5.22. The van der Waals surface area contributed by atoms with Crippen LogP contribution < -0.4 is 11.1 Å². The number of fused-ring (bicyclic) bond motifs is 1. The van der Waals surface area contributed by atoms with Crippen molar-refractivity contribution in [2.24, 2.45) is 0 Å². The molecule has 0 heterocycles. The van der Waals surface area contributed by atoms with Gasteiger partial charge in [0.15, 0.2) is 0 Å². The summed E-state index contributed by atoms with van der Waals surface area (Å²) in [7, 11) is 1.89. The molecule has 0 unspecified atom stereocenters. The molecule has 0 bridgehead atoms. The Balaban J connectivity index is 2.38. The van der Waals surface area contributed by atoms with Gasteiger partial charge in [0.25, 0.3) is 0 Å². The van der Waals surface area contributed by atoms with Gasteiger partial charge >= 0.3 is 0 Å². The summed E-state index contributed by atoms with van der Waals surface area (Å²) < 4.78 is 0. The molecule has 0 atom stereocenters. The molecule has 2 nitrogen and oxygen atoms in total. The Hall–Kier alpha value is -1.98. The number of hydrogen-bond donors (Lipinski definition) is 2. The van der Waals surface area contributed by atoms with Gasteiger partial charge in [-0.25, -0.2) is 0 Å². The van der Waals surface area contributed by atoms with E-state index in [1.165, 1.54) is 5.39 Å². The van der Waals surface area contributed by atoms with Crippen LogP contribution in [-0.4, -0.2) is 13.6 Å². The summed E-state index contributed by atoms with van der Waals surface area (Å²) in [5.41, 5.74) is 7.55. The molecule has 2 rings (SSSR count). The highest BCUT2D eigenvalue weighted by Gasteiger charge is 1.94. The van der Waals surface area contributed by atoms with Crippen LogP contribution in [0.3, 0.4) is 0 Å². The molecule has 0 fully saturated rings. The highest BCUT2D eigenvalue weighted by atomic mass is 14.8. The zero-order chi connectivity index (χ0) is 11.4. The van der Waals surface area contributed by atoms with Gasteiger partial charge in [-0.3, -0.25) is 0 Å². The second-order valence-electron chi connectivity index (χ2n) is 3.65. The molecule has 0 aliphatic heterocycles. The van der Waals surface area contributed by atoms with Crippen LogP contribution in [0.4, 0.5) is 5.69 Å². The molecule has 3 N–H and O–H groups in total. The highest BCUT2D eigenvalue weighted by molar-refractivity contribution is 5.86. The summed E-state index contributed by atoms with van der Waals surface area (Å²) >= 11 is 0. The number of nitrogens with one attached hydrogen (secondary N) is 1. The first-order chi connectivity index (χ1) is 7.79. The molecule has 80 valence electrons. The molecule has 0 aromatic heterocycles. The summed E-state index contributed by atoms with van der Waals surface area (Å²) in [6.07, 6.45) is 0. The van der Waals surface area contributed by atoms with Crippen LogP contribution in [-0.2, 0) is 0 Å². The van der Waals surface area contributed by atoms with Crippen LogP contribution in [0.25, 0.3) is 10.8 Å². The molecule has 0 radical (unpaired) electrons. The second-order valence-corrected chi connectivity index (χ2v) is 3.65. The Kier molecular flexibility index (Phi) is 3.09. The lowest BCUT2D eigenvalue weighted by molar-refractivity contribution is 0.938. The molecule has 2 aromatic rings. The quantitative estimate of drug-likeness (QED) is 0.558. The van der Waals surface area contributed by atoms with Crippen LogP contribution in [0.1, 0.15) is 5.56 Å². The fourth-order valence-corrected chi connectivity index (χ4v) is 1.58. The standard InChI is InChI=1S/C14H14N2/c1-16-8-2-3-11-4-5-13-10-14(15)7-6-12(13)9-11/h4-7,9-10,16H,8,15H2,1H3. The average molecular weight is 210 g/mol. The molecule has 16 heavy (non-hydrogen) atoms. The van der Waals surface area contributed by atoms with Gasteiger partial charge in [-0.05, 0) is 42.1 Å². The molecule has 0 saturated heterocycles. The largest absolute Gasteiger partial charge is 0.399 e. The minimum atomic E-state index is 0.708. The lowest BCUT2D eigenvalue weighted by Crippen LogP contribution is -2.04. The number of anilines is 1. The van der Waals surface area contributed by atoms with Gasteiger partial charge < -0.3 is 11.1 Å². The topological polar surface area (TPSA) is 38.0 Å². The molecule has 2 aromatic carbocycles. The molecule has 0 aliphatic rings. The predicted octanol–water partition coefficient (Wildman–Crippen LogP) is 1.99. The van der Waals surface area contributed by atoms with Crippen LogP contribution in [0.2, 0.25) is 0 Å². The Morgan fingerprint density at radius 2 is 1.88 bits per heavy atom. The maximum atomic E-state index is 5.72. The number of nitrogens with two attached hydrogens (primary N) is 1. The molecular formula is C14H14N2. The van der Waals surface area contributed by atoms with Crippen LogP contribution in [0.15, 0.2) is 36.4 Å². The Morgan fingerprint density at radius 3 is 2.69 bits per heavy atom. The van der Waals surface area contributed by atoms with E-state index in [2.05, 4.69) is 29.3 Å². The number of nitrogen functional groups attached to an aromatic ring is 1. The van der Waals surface area contributed by atoms with E-state index < -0.39 is 0 Å². The van der Waals surface area contributed by atoms with Crippen molar-refractivity contribution in [1.29, 1.82) is 0 Å². The maximum absolute atomic E-state index is 5.72. The first kappa shape index (κ1) is 10.5. The van der Waals surface area contributed by atoms with E-state index in [0.717, 1.165) is 16.6 Å². The van der Waals surface area contributed by atoms with E-state index in [4.69, 9.17) is 5.73 Å². The van der Waals surface area contributed by atoms with E-state index in [1.54, 1.807) is 0 Å². The third kappa shape index (κ3) is 2.33. The van der Waals surface area contributed by atoms with Gasteiger partial charge in [0, 0.05) is 11.3 Å². The third-order valence-corrected chi connectivity index (χ3v) is 2.36. The van der Waals surface area contributed by atoms with Gasteiger partial charge in [-0.2, -0.15) is 0 Å². The van der Waals surface area contributed by atoms with Gasteiger partial charge in [-0.15, -0.1) is 0 Å². The lowest BCUT2D eigenvalue weighted by Gasteiger charge is -1.99. The lowest BCUT2D eigenvalue weighted by atomic mass is 10.1. The molecule has 0 spiro atoms. The number of benzene rings is 2. The van der Waals surface area contributed by atoms with Crippen molar-refractivity contribution in [1.82, 2.24) is 5.32 Å². The minimum absolute atomic E-state index is 0.708. The van der Waals surface area contributed by atoms with Crippen molar-refractivity contribution < 1.29 is 0 Å². The van der Waals surface area contributed by atoms with E-state index >= 15 is 0 Å². The van der Waals surface area contributed by atoms with Crippen molar-refractivity contribution in [3.63, 3.8) is 0 Å². The third-order valence-electron chi connectivity index (χ3n) is 2.36. The number of hydrogen-bond acceptors (Lipinski definition) is 2. The molecule has 0 aliphatic carbocycles. The monoisotopic (exact) mass is 210 g/mol. The Bertz CT molecular complexity index is 562. The van der Waals surface area contributed by atoms with Gasteiger partial charge in [0.2, 0.25) is 0 Å². The smallest absolute Gasteiger partial charge is 0.0577 e. The summed E-state index contributed by atoms with van der Waals surface area (Å²) in [4.78, 5) is 0. The second kappa shape index (κ2) is 4.69. The summed E-state index contributed by atoms with van der Waals surface area (Å²) in [5.74, 6) is 6.15. The SMILES string of the molecule is CNCC#Cc1ccc2cc(N)ccc2c1. The fraction of sp³-hybridized carbons (Fsp3) is 0.143. The Morgan fingerprint density at radius 1 is 1.12 bits per heavy atom. The highest BCUT2D eigenvalue weighted by Crippen LogP contribution is 2.18. The molecule has 0 amide bonds. The van der Waals surface area contributed by atoms with E-state index in [-0.39, 0.29) is 0 Å². The van der Waals surface area contributed by atoms with Crippen molar-refractivity contribution in [2.45, 2.75) is 0 Å².